The highest BCUT2D eigenvalue weighted by molar-refractivity contribution is 5.95. The zero-order valence-electron chi connectivity index (χ0n) is 21.1. The standard InChI is InChI=1S/C28H32FN3O5/c1-17(2)26-24(13-12-22(33)14-23(34)15-25(35)36)32(21-10-8-20(29)9-11-21)31-27(26)28(37)30-16-19-7-5-4-6-18(19)3/h4-13,17,22-23,33-34H,14-16H2,1-3H3,(H,30,37)(H,35,36)/t22-,23+/m0/s1. The number of hydrogen-bond donors (Lipinski definition) is 4. The summed E-state index contributed by atoms with van der Waals surface area (Å²) in [5.41, 5.74) is 3.87. The second-order valence-electron chi connectivity index (χ2n) is 9.21. The number of carbonyl (C=O) groups is 2. The fourth-order valence-corrected chi connectivity index (χ4v) is 4.03. The van der Waals surface area contributed by atoms with Crippen molar-refractivity contribution in [1.82, 2.24) is 15.1 Å². The molecule has 1 aromatic heterocycles. The highest BCUT2D eigenvalue weighted by atomic mass is 19.1. The van der Waals surface area contributed by atoms with Crippen LogP contribution in [0.25, 0.3) is 11.8 Å². The maximum absolute atomic E-state index is 13.6. The number of benzene rings is 2. The summed E-state index contributed by atoms with van der Waals surface area (Å²) < 4.78 is 15.1. The van der Waals surface area contributed by atoms with E-state index in [-0.39, 0.29) is 23.9 Å². The van der Waals surface area contributed by atoms with Crippen molar-refractivity contribution in [2.75, 3.05) is 0 Å². The number of carboxylic acid groups (broad SMARTS) is 1. The first-order valence-corrected chi connectivity index (χ1v) is 12.0. The van der Waals surface area contributed by atoms with Crippen LogP contribution in [0.1, 0.15) is 65.5 Å². The van der Waals surface area contributed by atoms with Crippen molar-refractivity contribution in [2.24, 2.45) is 0 Å². The molecule has 0 aliphatic heterocycles. The van der Waals surface area contributed by atoms with E-state index < -0.39 is 30.4 Å². The minimum Gasteiger partial charge on any atom is -0.481 e. The lowest BCUT2D eigenvalue weighted by molar-refractivity contribution is -0.139. The number of rotatable bonds is 11. The normalized spacial score (nSPS) is 13.2. The topological polar surface area (TPSA) is 125 Å². The molecule has 8 nitrogen and oxygen atoms in total. The third kappa shape index (κ3) is 7.34. The second-order valence-corrected chi connectivity index (χ2v) is 9.21. The van der Waals surface area contributed by atoms with E-state index in [0.717, 1.165) is 11.1 Å². The van der Waals surface area contributed by atoms with Crippen molar-refractivity contribution in [3.05, 3.63) is 88.5 Å². The van der Waals surface area contributed by atoms with E-state index in [9.17, 15) is 24.2 Å². The van der Waals surface area contributed by atoms with Crippen LogP contribution in [0.3, 0.4) is 0 Å². The summed E-state index contributed by atoms with van der Waals surface area (Å²) in [5, 5.41) is 36.6. The molecule has 0 fully saturated rings. The molecule has 3 aromatic rings. The number of hydrogen-bond acceptors (Lipinski definition) is 5. The fraction of sp³-hybridized carbons (Fsp3) is 0.321. The van der Waals surface area contributed by atoms with E-state index >= 15 is 0 Å². The van der Waals surface area contributed by atoms with Gasteiger partial charge in [-0.15, -0.1) is 0 Å². The molecule has 2 atom stereocenters. The van der Waals surface area contributed by atoms with Crippen LogP contribution in [0.4, 0.5) is 4.39 Å². The number of carboxylic acids is 1. The molecule has 1 amide bonds. The molecule has 0 bridgehead atoms. The molecule has 0 saturated heterocycles. The summed E-state index contributed by atoms with van der Waals surface area (Å²) in [6.45, 7) is 6.10. The quantitative estimate of drug-likeness (QED) is 0.310. The number of carbonyl (C=O) groups excluding carboxylic acids is 1. The van der Waals surface area contributed by atoms with Gasteiger partial charge in [0.2, 0.25) is 0 Å². The average Bonchev–Trinajstić information content (AvgIpc) is 3.22. The van der Waals surface area contributed by atoms with Gasteiger partial charge >= 0.3 is 5.97 Å². The van der Waals surface area contributed by atoms with Gasteiger partial charge in [0, 0.05) is 18.5 Å². The number of aliphatic hydroxyl groups excluding tert-OH is 2. The lowest BCUT2D eigenvalue weighted by Gasteiger charge is -2.12. The average molecular weight is 510 g/mol. The van der Waals surface area contributed by atoms with Crippen molar-refractivity contribution >= 4 is 18.0 Å². The van der Waals surface area contributed by atoms with Gasteiger partial charge in [0.05, 0.1) is 30.0 Å². The summed E-state index contributed by atoms with van der Waals surface area (Å²) >= 11 is 0. The van der Waals surface area contributed by atoms with Crippen molar-refractivity contribution < 1.29 is 29.3 Å². The Balaban J connectivity index is 1.98. The van der Waals surface area contributed by atoms with Crippen molar-refractivity contribution in [3.8, 4) is 5.69 Å². The van der Waals surface area contributed by atoms with Crippen LogP contribution in [0, 0.1) is 12.7 Å². The van der Waals surface area contributed by atoms with Crippen LogP contribution in [-0.4, -0.2) is 49.2 Å². The van der Waals surface area contributed by atoms with Gasteiger partial charge in [-0.3, -0.25) is 9.59 Å². The Morgan fingerprint density at radius 1 is 1.11 bits per heavy atom. The third-order valence-corrected chi connectivity index (χ3v) is 5.92. The zero-order valence-corrected chi connectivity index (χ0v) is 21.1. The molecule has 0 unspecified atom stereocenters. The molecule has 196 valence electrons. The number of aryl methyl sites for hydroxylation is 1. The van der Waals surface area contributed by atoms with E-state index in [1.807, 2.05) is 45.0 Å². The lowest BCUT2D eigenvalue weighted by atomic mass is 9.98. The smallest absolute Gasteiger partial charge is 0.305 e. The summed E-state index contributed by atoms with van der Waals surface area (Å²) in [4.78, 5) is 24.1. The van der Waals surface area contributed by atoms with Crippen molar-refractivity contribution in [3.63, 3.8) is 0 Å². The molecule has 3 rings (SSSR count). The van der Waals surface area contributed by atoms with Gasteiger partial charge in [0.25, 0.3) is 5.91 Å². The molecular formula is C28H32FN3O5. The third-order valence-electron chi connectivity index (χ3n) is 5.92. The first kappa shape index (κ1) is 27.8. The lowest BCUT2D eigenvalue weighted by Crippen LogP contribution is -2.25. The number of amides is 1. The highest BCUT2D eigenvalue weighted by Crippen LogP contribution is 2.28. The molecule has 0 radical (unpaired) electrons. The molecule has 4 N–H and O–H groups in total. The van der Waals surface area contributed by atoms with Crippen LogP contribution in [0.5, 0.6) is 0 Å². The second kappa shape index (κ2) is 12.4. The number of aromatic nitrogens is 2. The van der Waals surface area contributed by atoms with Gasteiger partial charge in [-0.05, 0) is 54.3 Å². The van der Waals surface area contributed by atoms with Crippen molar-refractivity contribution in [1.29, 1.82) is 0 Å². The van der Waals surface area contributed by atoms with Crippen LogP contribution in [0.2, 0.25) is 0 Å². The SMILES string of the molecule is Cc1ccccc1CNC(=O)c1nn(-c2ccc(F)cc2)c(C=C[C@H](O)C[C@@H](O)CC(=O)O)c1C(C)C. The Morgan fingerprint density at radius 3 is 2.41 bits per heavy atom. The van der Waals surface area contributed by atoms with Crippen molar-refractivity contribution in [2.45, 2.75) is 58.3 Å². The van der Waals surface area contributed by atoms with Gasteiger partial charge in [0.1, 0.15) is 5.82 Å². The van der Waals surface area contributed by atoms with E-state index in [1.165, 1.54) is 35.0 Å². The zero-order chi connectivity index (χ0) is 27.1. The number of aliphatic carboxylic acids is 1. The maximum atomic E-state index is 13.6. The predicted octanol–water partition coefficient (Wildman–Crippen LogP) is 3.97. The van der Waals surface area contributed by atoms with Crippen LogP contribution in [-0.2, 0) is 11.3 Å². The minimum atomic E-state index is -1.22. The molecule has 0 aliphatic carbocycles. The first-order chi connectivity index (χ1) is 17.6. The Bertz CT molecular complexity index is 1270. The Kier molecular flexibility index (Phi) is 9.32. The monoisotopic (exact) mass is 509 g/mol. The van der Waals surface area contributed by atoms with Gasteiger partial charge < -0.3 is 20.6 Å². The molecule has 9 heteroatoms. The Labute approximate surface area is 215 Å². The number of nitrogens with zero attached hydrogens (tertiary/aromatic N) is 2. The summed E-state index contributed by atoms with van der Waals surface area (Å²) in [5.74, 6) is -2.10. The molecule has 37 heavy (non-hydrogen) atoms. The summed E-state index contributed by atoms with van der Waals surface area (Å²) in [7, 11) is 0. The molecule has 2 aromatic carbocycles. The van der Waals surface area contributed by atoms with E-state index in [4.69, 9.17) is 5.11 Å². The van der Waals surface area contributed by atoms with Gasteiger partial charge in [-0.25, -0.2) is 9.07 Å². The minimum absolute atomic E-state index is 0.136. The number of halogens is 1. The highest BCUT2D eigenvalue weighted by Gasteiger charge is 2.25. The van der Waals surface area contributed by atoms with E-state index in [0.29, 0.717) is 23.5 Å². The van der Waals surface area contributed by atoms with Gasteiger partial charge in [-0.1, -0.05) is 44.2 Å². The number of aliphatic hydroxyl groups is 2. The van der Waals surface area contributed by atoms with Gasteiger partial charge in [-0.2, -0.15) is 5.10 Å². The summed E-state index contributed by atoms with van der Waals surface area (Å²) in [6.07, 6.45) is -0.00381. The largest absolute Gasteiger partial charge is 0.481 e. The van der Waals surface area contributed by atoms with Crippen LogP contribution < -0.4 is 5.32 Å². The maximum Gasteiger partial charge on any atom is 0.305 e. The summed E-state index contributed by atoms with van der Waals surface area (Å²) in [6, 6.07) is 13.4. The molecular weight excluding hydrogens is 477 g/mol. The van der Waals surface area contributed by atoms with Crippen LogP contribution >= 0.6 is 0 Å². The van der Waals surface area contributed by atoms with Gasteiger partial charge in [0.15, 0.2) is 5.69 Å². The molecule has 0 aliphatic rings. The molecule has 0 saturated carbocycles. The van der Waals surface area contributed by atoms with E-state index in [1.54, 1.807) is 6.08 Å². The Morgan fingerprint density at radius 2 is 1.78 bits per heavy atom. The first-order valence-electron chi connectivity index (χ1n) is 12.0. The van der Waals surface area contributed by atoms with E-state index in [2.05, 4.69) is 10.4 Å². The number of nitrogens with one attached hydrogen (secondary N) is 1. The predicted molar refractivity (Wildman–Crippen MR) is 138 cm³/mol. The molecule has 1 heterocycles. The Hall–Kier alpha value is -3.82. The fourth-order valence-electron chi connectivity index (χ4n) is 4.03. The molecule has 0 spiro atoms. The van der Waals surface area contributed by atoms with Crippen LogP contribution in [0.15, 0.2) is 54.6 Å².